The molecule has 4 rings (SSSR count). The van der Waals surface area contributed by atoms with E-state index in [0.717, 1.165) is 56.4 Å². The maximum absolute atomic E-state index is 5.31. The van der Waals surface area contributed by atoms with E-state index in [1.807, 2.05) is 84.9 Å². The van der Waals surface area contributed by atoms with E-state index in [1.165, 1.54) is 77.0 Å². The lowest BCUT2D eigenvalue weighted by Crippen LogP contribution is -1.95. The lowest BCUT2D eigenvalue weighted by atomic mass is 10.1. The number of hydrogen-bond acceptors (Lipinski definition) is 4. The molecule has 0 radical (unpaired) electrons. The minimum absolute atomic E-state index is 0.422. The standard InChI is InChI=1S/2C18H14O2.2C12H27P/c2*1-4-14-5-7-15(8-6-14)9-10-16-11-17(19-2)13-18(12-16)20-3;2*1-4-7-10-13(11-8-5-2)12-9-6-3/h2*1,5-8,11-13H,2-3H3;2*4-12H2,1-3H3. The van der Waals surface area contributed by atoms with Crippen LogP contribution >= 0.6 is 15.8 Å². The maximum Gasteiger partial charge on any atom is 0.123 e. The molecule has 0 atom stereocenters. The highest BCUT2D eigenvalue weighted by atomic mass is 31.1. The van der Waals surface area contributed by atoms with Crippen LogP contribution in [-0.4, -0.2) is 65.4 Å². The summed E-state index contributed by atoms with van der Waals surface area (Å²) < 4.78 is 20.8. The summed E-state index contributed by atoms with van der Waals surface area (Å²) in [5, 5.41) is 0. The Balaban J connectivity index is 0.000000451. The predicted molar refractivity (Wildman–Crippen MR) is 292 cm³/mol. The largest absolute Gasteiger partial charge is 0.497 e. The first-order chi connectivity index (χ1) is 32.2. The molecule has 6 heteroatoms. The Hall–Kier alpha value is -4.82. The van der Waals surface area contributed by atoms with Gasteiger partial charge < -0.3 is 18.9 Å². The molecule has 0 unspecified atom stereocenters. The molecule has 0 amide bonds. The molecule has 0 aliphatic rings. The molecule has 356 valence electrons. The highest BCUT2D eigenvalue weighted by Gasteiger charge is 2.07. The van der Waals surface area contributed by atoms with Crippen molar-refractivity contribution in [2.75, 3.05) is 65.4 Å². The van der Waals surface area contributed by atoms with Crippen molar-refractivity contribution in [2.45, 2.75) is 119 Å². The third-order valence-electron chi connectivity index (χ3n) is 10.5. The second-order valence-electron chi connectivity index (χ2n) is 16.0. The van der Waals surface area contributed by atoms with Gasteiger partial charge in [0.25, 0.3) is 0 Å². The Bertz CT molecular complexity index is 1840. The van der Waals surface area contributed by atoms with E-state index >= 15 is 0 Å². The first-order valence-corrected chi connectivity index (χ1v) is 28.1. The van der Waals surface area contributed by atoms with Gasteiger partial charge in [-0.2, -0.15) is 0 Å². The quantitative estimate of drug-likeness (QED) is 0.0581. The van der Waals surface area contributed by atoms with Gasteiger partial charge in [0.05, 0.1) is 28.4 Å². The van der Waals surface area contributed by atoms with Crippen LogP contribution in [-0.2, 0) is 0 Å². The maximum atomic E-state index is 5.31. The van der Waals surface area contributed by atoms with Crippen LogP contribution in [0.4, 0.5) is 0 Å². The second kappa shape index (κ2) is 39.4. The minimum atomic E-state index is 0.422. The molecular weight excluding hydrogens is 847 g/mol. The van der Waals surface area contributed by atoms with Crippen LogP contribution in [0.1, 0.15) is 152 Å². The van der Waals surface area contributed by atoms with Crippen molar-refractivity contribution in [3.8, 4) is 71.4 Å². The van der Waals surface area contributed by atoms with Crippen LogP contribution in [0.5, 0.6) is 23.0 Å². The molecule has 66 heavy (non-hydrogen) atoms. The molecule has 0 saturated heterocycles. The Morgan fingerprint density at radius 2 is 0.545 bits per heavy atom. The van der Waals surface area contributed by atoms with Crippen LogP contribution in [0.15, 0.2) is 84.9 Å². The molecule has 0 aliphatic carbocycles. The highest BCUT2D eigenvalue weighted by Crippen LogP contribution is 2.39. The third-order valence-corrected chi connectivity index (χ3v) is 16.2. The van der Waals surface area contributed by atoms with Gasteiger partial charge in [-0.05, 0) is 148 Å². The number of rotatable bonds is 22. The third kappa shape index (κ3) is 27.6. The monoisotopic (exact) mass is 929 g/mol. The van der Waals surface area contributed by atoms with E-state index in [9.17, 15) is 0 Å². The Morgan fingerprint density at radius 1 is 0.333 bits per heavy atom. The Morgan fingerprint density at radius 3 is 0.742 bits per heavy atom. The fourth-order valence-electron chi connectivity index (χ4n) is 6.31. The highest BCUT2D eigenvalue weighted by molar-refractivity contribution is 7.57. The normalized spacial score (nSPS) is 9.85. The topological polar surface area (TPSA) is 36.9 Å². The van der Waals surface area contributed by atoms with Crippen molar-refractivity contribution >= 4 is 15.8 Å². The van der Waals surface area contributed by atoms with Crippen molar-refractivity contribution in [1.29, 1.82) is 0 Å². The van der Waals surface area contributed by atoms with Gasteiger partial charge in [0, 0.05) is 45.5 Å². The van der Waals surface area contributed by atoms with Gasteiger partial charge in [0.1, 0.15) is 23.0 Å². The number of methoxy groups -OCH3 is 4. The summed E-state index contributed by atoms with van der Waals surface area (Å²) in [7, 11) is 7.31. The zero-order chi connectivity index (χ0) is 48.6. The zero-order valence-electron chi connectivity index (χ0n) is 42.5. The van der Waals surface area contributed by atoms with Crippen LogP contribution in [0.2, 0.25) is 0 Å². The van der Waals surface area contributed by atoms with E-state index < -0.39 is 0 Å². The molecule has 0 saturated carbocycles. The molecule has 0 fully saturated rings. The second-order valence-corrected chi connectivity index (χ2v) is 21.3. The van der Waals surface area contributed by atoms with Gasteiger partial charge in [-0.1, -0.05) is 116 Å². The molecule has 4 aromatic carbocycles. The summed E-state index contributed by atoms with van der Waals surface area (Å²) in [5.41, 5.74) is 5.18. The minimum Gasteiger partial charge on any atom is -0.497 e. The number of ether oxygens (including phenoxy) is 4. The van der Waals surface area contributed by atoms with E-state index in [4.69, 9.17) is 31.8 Å². The van der Waals surface area contributed by atoms with Crippen molar-refractivity contribution in [1.82, 2.24) is 0 Å². The molecule has 0 aliphatic heterocycles. The molecule has 0 N–H and O–H groups in total. The van der Waals surface area contributed by atoms with Gasteiger partial charge >= 0.3 is 0 Å². The summed E-state index contributed by atoms with van der Waals surface area (Å²) in [5.74, 6) is 20.4. The number of benzene rings is 4. The summed E-state index contributed by atoms with van der Waals surface area (Å²) in [6.07, 6.45) is 37.1. The average molecular weight is 929 g/mol. The Kier molecular flexibility index (Phi) is 35.3. The smallest absolute Gasteiger partial charge is 0.123 e. The summed E-state index contributed by atoms with van der Waals surface area (Å²) in [4.78, 5) is 0. The van der Waals surface area contributed by atoms with Gasteiger partial charge in [-0.3, -0.25) is 0 Å². The van der Waals surface area contributed by atoms with E-state index in [1.54, 1.807) is 65.4 Å². The number of unbranched alkanes of at least 4 members (excludes halogenated alkanes) is 6. The summed E-state index contributed by atoms with van der Waals surface area (Å²) in [6, 6.07) is 26.2. The van der Waals surface area contributed by atoms with Gasteiger partial charge in [0.15, 0.2) is 0 Å². The van der Waals surface area contributed by atoms with Crippen LogP contribution < -0.4 is 18.9 Å². The molecule has 4 nitrogen and oxygen atoms in total. The fourth-order valence-corrected chi connectivity index (χ4v) is 12.2. The first-order valence-electron chi connectivity index (χ1n) is 24.3. The molecule has 0 heterocycles. The molecule has 4 aromatic rings. The van der Waals surface area contributed by atoms with Gasteiger partial charge in [-0.15, -0.1) is 28.7 Å². The van der Waals surface area contributed by atoms with Crippen molar-refractivity contribution in [3.63, 3.8) is 0 Å². The van der Waals surface area contributed by atoms with Gasteiger partial charge in [0.2, 0.25) is 0 Å². The van der Waals surface area contributed by atoms with Crippen molar-refractivity contribution < 1.29 is 18.9 Å². The van der Waals surface area contributed by atoms with E-state index in [0.29, 0.717) is 15.8 Å². The van der Waals surface area contributed by atoms with Crippen molar-refractivity contribution in [3.05, 3.63) is 118 Å². The summed E-state index contributed by atoms with van der Waals surface area (Å²) in [6.45, 7) is 13.9. The number of hydrogen-bond donors (Lipinski definition) is 0. The molecular formula is C60H82O4P2. The molecule has 0 bridgehead atoms. The molecule has 0 spiro atoms. The van der Waals surface area contributed by atoms with Crippen molar-refractivity contribution in [2.24, 2.45) is 0 Å². The van der Waals surface area contributed by atoms with Crippen LogP contribution in [0.3, 0.4) is 0 Å². The Labute approximate surface area is 406 Å². The number of terminal acetylenes is 2. The molecule has 0 aromatic heterocycles. The fraction of sp³-hybridized carbons (Fsp3) is 0.467. The van der Waals surface area contributed by atoms with Gasteiger partial charge in [-0.25, -0.2) is 0 Å². The van der Waals surface area contributed by atoms with Crippen LogP contribution in [0, 0.1) is 48.4 Å². The van der Waals surface area contributed by atoms with E-state index in [-0.39, 0.29) is 0 Å². The van der Waals surface area contributed by atoms with Crippen LogP contribution in [0.25, 0.3) is 0 Å². The SMILES string of the molecule is C#Cc1ccc(C#Cc2cc(OC)cc(OC)c2)cc1.C#Cc1ccc(C#Cc2cc(OC)cc(OC)c2)cc1.CCCCP(CCCC)CCCC.CCCCP(CCCC)CCCC. The van der Waals surface area contributed by atoms with E-state index in [2.05, 4.69) is 77.1 Å². The lowest BCUT2D eigenvalue weighted by molar-refractivity contribution is 0.394. The lowest BCUT2D eigenvalue weighted by Gasteiger charge is -2.16. The summed E-state index contributed by atoms with van der Waals surface area (Å²) >= 11 is 0. The first kappa shape index (κ1) is 59.2. The predicted octanol–water partition coefficient (Wildman–Crippen LogP) is 15.9. The zero-order valence-corrected chi connectivity index (χ0v) is 44.3. The average Bonchev–Trinajstić information content (AvgIpc) is 3.37.